The third-order valence-corrected chi connectivity index (χ3v) is 4.39. The van der Waals surface area contributed by atoms with Crippen LogP contribution in [-0.4, -0.2) is 10.9 Å². The second kappa shape index (κ2) is 5.22. The fourth-order valence-electron chi connectivity index (χ4n) is 1.81. The number of para-hydroxylation sites is 1. The third-order valence-electron chi connectivity index (χ3n) is 2.75. The molecule has 0 bridgehead atoms. The molecule has 0 saturated heterocycles. The molecule has 1 amide bonds. The average Bonchev–Trinajstić information content (AvgIpc) is 2.83. The molecule has 6 heteroatoms. The highest BCUT2D eigenvalue weighted by atomic mass is 79.9. The standard InChI is InChI=1S/C14H10BrN3OS/c15-10-6-5-8(16)7-9(10)13(19)18-14-17-11-3-1-2-4-12(11)20-14/h1-7H,16H2,(H,17,18,19). The number of halogens is 1. The molecule has 100 valence electrons. The summed E-state index contributed by atoms with van der Waals surface area (Å²) in [6.45, 7) is 0. The van der Waals surface area contributed by atoms with Crippen LogP contribution in [0.4, 0.5) is 10.8 Å². The fourth-order valence-corrected chi connectivity index (χ4v) is 3.09. The van der Waals surface area contributed by atoms with Crippen LogP contribution in [-0.2, 0) is 0 Å². The summed E-state index contributed by atoms with van der Waals surface area (Å²) in [5.74, 6) is -0.233. The van der Waals surface area contributed by atoms with Crippen LogP contribution in [0.2, 0.25) is 0 Å². The molecule has 0 atom stereocenters. The lowest BCUT2D eigenvalue weighted by molar-refractivity contribution is 0.102. The number of carbonyl (C=O) groups excluding carboxylic acids is 1. The van der Waals surface area contributed by atoms with E-state index in [1.165, 1.54) is 11.3 Å². The summed E-state index contributed by atoms with van der Waals surface area (Å²) >= 11 is 4.79. The molecule has 3 rings (SSSR count). The highest BCUT2D eigenvalue weighted by Crippen LogP contribution is 2.27. The van der Waals surface area contributed by atoms with Crippen molar-refractivity contribution >= 4 is 54.2 Å². The molecule has 0 aliphatic rings. The van der Waals surface area contributed by atoms with Gasteiger partial charge in [0.05, 0.1) is 15.8 Å². The van der Waals surface area contributed by atoms with Crippen molar-refractivity contribution in [1.82, 2.24) is 4.98 Å². The molecule has 4 nitrogen and oxygen atoms in total. The summed E-state index contributed by atoms with van der Waals surface area (Å²) in [7, 11) is 0. The number of rotatable bonds is 2. The smallest absolute Gasteiger partial charge is 0.258 e. The van der Waals surface area contributed by atoms with E-state index in [9.17, 15) is 4.79 Å². The van der Waals surface area contributed by atoms with E-state index in [-0.39, 0.29) is 5.91 Å². The van der Waals surface area contributed by atoms with Gasteiger partial charge in [-0.15, -0.1) is 0 Å². The van der Waals surface area contributed by atoms with Crippen molar-refractivity contribution in [2.75, 3.05) is 11.1 Å². The summed E-state index contributed by atoms with van der Waals surface area (Å²) in [5.41, 5.74) is 7.61. The summed E-state index contributed by atoms with van der Waals surface area (Å²) in [5, 5.41) is 3.37. The number of nitrogens with one attached hydrogen (secondary N) is 1. The van der Waals surface area contributed by atoms with Crippen molar-refractivity contribution in [2.45, 2.75) is 0 Å². The van der Waals surface area contributed by atoms with Gasteiger partial charge in [0.1, 0.15) is 0 Å². The van der Waals surface area contributed by atoms with Gasteiger partial charge in [-0.2, -0.15) is 0 Å². The molecular weight excluding hydrogens is 338 g/mol. The number of hydrogen-bond donors (Lipinski definition) is 2. The number of aromatic nitrogens is 1. The van der Waals surface area contributed by atoms with E-state index in [0.717, 1.165) is 10.2 Å². The Bertz CT molecular complexity index is 767. The number of carbonyl (C=O) groups is 1. The maximum atomic E-state index is 12.2. The Morgan fingerprint density at radius 3 is 2.85 bits per heavy atom. The fraction of sp³-hybridized carbons (Fsp3) is 0. The molecule has 0 saturated carbocycles. The second-order valence-electron chi connectivity index (χ2n) is 4.18. The van der Waals surface area contributed by atoms with Gasteiger partial charge in [-0.25, -0.2) is 4.98 Å². The van der Waals surface area contributed by atoms with Gasteiger partial charge in [0.25, 0.3) is 5.91 Å². The van der Waals surface area contributed by atoms with Crippen LogP contribution >= 0.6 is 27.3 Å². The Balaban J connectivity index is 1.90. The predicted molar refractivity (Wildman–Crippen MR) is 86.1 cm³/mol. The molecule has 0 unspecified atom stereocenters. The number of thiazole rings is 1. The van der Waals surface area contributed by atoms with E-state index in [0.29, 0.717) is 20.9 Å². The Morgan fingerprint density at radius 1 is 1.25 bits per heavy atom. The Kier molecular flexibility index (Phi) is 3.42. The number of nitrogens with two attached hydrogens (primary N) is 1. The van der Waals surface area contributed by atoms with Crippen molar-refractivity contribution in [1.29, 1.82) is 0 Å². The molecule has 3 N–H and O–H groups in total. The normalized spacial score (nSPS) is 10.7. The first-order valence-corrected chi connectivity index (χ1v) is 7.46. The number of hydrogen-bond acceptors (Lipinski definition) is 4. The maximum Gasteiger partial charge on any atom is 0.258 e. The summed E-state index contributed by atoms with van der Waals surface area (Å²) in [6, 6.07) is 12.9. The molecule has 0 fully saturated rings. The first-order valence-electron chi connectivity index (χ1n) is 5.85. The van der Waals surface area contributed by atoms with Crippen LogP contribution in [0.1, 0.15) is 10.4 Å². The number of amides is 1. The predicted octanol–water partition coefficient (Wildman–Crippen LogP) is 3.89. The lowest BCUT2D eigenvalue weighted by Gasteiger charge is -2.05. The number of benzene rings is 2. The van der Waals surface area contributed by atoms with Crippen LogP contribution in [0.5, 0.6) is 0 Å². The Morgan fingerprint density at radius 2 is 2.05 bits per heavy atom. The van der Waals surface area contributed by atoms with Gasteiger partial charge in [-0.05, 0) is 46.3 Å². The number of nitrogen functional groups attached to an aromatic ring is 1. The second-order valence-corrected chi connectivity index (χ2v) is 6.07. The average molecular weight is 348 g/mol. The number of fused-ring (bicyclic) bond motifs is 1. The molecular formula is C14H10BrN3OS. The summed E-state index contributed by atoms with van der Waals surface area (Å²) in [6.07, 6.45) is 0. The van der Waals surface area contributed by atoms with Crippen LogP contribution in [0.3, 0.4) is 0 Å². The van der Waals surface area contributed by atoms with Crippen molar-refractivity contribution in [3.8, 4) is 0 Å². The zero-order valence-electron chi connectivity index (χ0n) is 10.3. The van der Waals surface area contributed by atoms with Gasteiger partial charge in [0.15, 0.2) is 5.13 Å². The minimum absolute atomic E-state index is 0.233. The van der Waals surface area contributed by atoms with Crippen molar-refractivity contribution < 1.29 is 4.79 Å². The monoisotopic (exact) mass is 347 g/mol. The topological polar surface area (TPSA) is 68.0 Å². The maximum absolute atomic E-state index is 12.2. The van der Waals surface area contributed by atoms with Crippen molar-refractivity contribution in [3.63, 3.8) is 0 Å². The van der Waals surface area contributed by atoms with Gasteiger partial charge < -0.3 is 5.73 Å². The lowest BCUT2D eigenvalue weighted by Crippen LogP contribution is -2.12. The van der Waals surface area contributed by atoms with Crippen molar-refractivity contribution in [3.05, 3.63) is 52.5 Å². The molecule has 3 aromatic rings. The van der Waals surface area contributed by atoms with E-state index >= 15 is 0 Å². The van der Waals surface area contributed by atoms with Gasteiger partial charge in [-0.1, -0.05) is 23.5 Å². The lowest BCUT2D eigenvalue weighted by atomic mass is 10.2. The number of nitrogens with zero attached hydrogens (tertiary/aromatic N) is 1. The zero-order chi connectivity index (χ0) is 14.1. The minimum Gasteiger partial charge on any atom is -0.399 e. The molecule has 1 aromatic heterocycles. The van der Waals surface area contributed by atoms with Crippen LogP contribution in [0.25, 0.3) is 10.2 Å². The highest BCUT2D eigenvalue weighted by Gasteiger charge is 2.13. The SMILES string of the molecule is Nc1ccc(Br)c(C(=O)Nc2nc3ccccc3s2)c1. The molecule has 20 heavy (non-hydrogen) atoms. The molecule has 1 heterocycles. The zero-order valence-corrected chi connectivity index (χ0v) is 12.7. The quantitative estimate of drug-likeness (QED) is 0.691. The van der Waals surface area contributed by atoms with Gasteiger partial charge in [0, 0.05) is 10.2 Å². The van der Waals surface area contributed by atoms with Gasteiger partial charge >= 0.3 is 0 Å². The van der Waals surface area contributed by atoms with E-state index < -0.39 is 0 Å². The van der Waals surface area contributed by atoms with E-state index in [1.807, 2.05) is 24.3 Å². The summed E-state index contributed by atoms with van der Waals surface area (Å²) < 4.78 is 1.74. The van der Waals surface area contributed by atoms with Crippen LogP contribution < -0.4 is 11.1 Å². The molecule has 2 aromatic carbocycles. The Labute approximate surface area is 127 Å². The molecule has 0 radical (unpaired) electrons. The van der Waals surface area contributed by atoms with Gasteiger partial charge in [0.2, 0.25) is 0 Å². The first-order chi connectivity index (χ1) is 9.63. The van der Waals surface area contributed by atoms with E-state index in [4.69, 9.17) is 5.73 Å². The largest absolute Gasteiger partial charge is 0.399 e. The van der Waals surface area contributed by atoms with E-state index in [2.05, 4.69) is 26.2 Å². The minimum atomic E-state index is -0.233. The third kappa shape index (κ3) is 2.52. The van der Waals surface area contributed by atoms with Crippen LogP contribution in [0, 0.1) is 0 Å². The molecule has 0 aliphatic carbocycles. The molecule has 0 aliphatic heterocycles. The van der Waals surface area contributed by atoms with Crippen LogP contribution in [0.15, 0.2) is 46.9 Å². The van der Waals surface area contributed by atoms with E-state index in [1.54, 1.807) is 18.2 Å². The summed E-state index contributed by atoms with van der Waals surface area (Å²) in [4.78, 5) is 16.6. The van der Waals surface area contributed by atoms with Crippen molar-refractivity contribution in [2.24, 2.45) is 0 Å². The molecule has 0 spiro atoms. The number of anilines is 2. The first kappa shape index (κ1) is 13.1. The van der Waals surface area contributed by atoms with Gasteiger partial charge in [-0.3, -0.25) is 10.1 Å². The Hall–Kier alpha value is -1.92. The highest BCUT2D eigenvalue weighted by molar-refractivity contribution is 9.10.